The van der Waals surface area contributed by atoms with E-state index in [2.05, 4.69) is 4.98 Å². The molecule has 17 heavy (non-hydrogen) atoms. The molecule has 88 valence electrons. The van der Waals surface area contributed by atoms with E-state index < -0.39 is 16.8 Å². The van der Waals surface area contributed by atoms with Gasteiger partial charge in [0.15, 0.2) is 0 Å². The lowest BCUT2D eigenvalue weighted by Crippen LogP contribution is -2.10. The fourth-order valence-electron chi connectivity index (χ4n) is 1.59. The lowest BCUT2D eigenvalue weighted by Gasteiger charge is -2.02. The van der Waals surface area contributed by atoms with E-state index in [0.29, 0.717) is 0 Å². The van der Waals surface area contributed by atoms with Gasteiger partial charge in [-0.15, -0.1) is 0 Å². The first kappa shape index (κ1) is 11.7. The molecule has 1 unspecified atom stereocenters. The number of aromatic nitrogens is 1. The molecule has 2 rings (SSSR count). The smallest absolute Gasteiger partial charge is 0.316 e. The zero-order valence-corrected chi connectivity index (χ0v) is 9.81. The highest BCUT2D eigenvalue weighted by molar-refractivity contribution is 7.84. The summed E-state index contributed by atoms with van der Waals surface area (Å²) in [6.07, 6.45) is 1.71. The van der Waals surface area contributed by atoms with Gasteiger partial charge in [-0.1, -0.05) is 12.1 Å². The molecule has 0 spiro atoms. The van der Waals surface area contributed by atoms with Crippen molar-refractivity contribution in [2.24, 2.45) is 0 Å². The Morgan fingerprint density at radius 3 is 2.94 bits per heavy atom. The third-order valence-corrected chi connectivity index (χ3v) is 3.50. The molecule has 1 heterocycles. The first-order valence-electron chi connectivity index (χ1n) is 5.05. The van der Waals surface area contributed by atoms with Gasteiger partial charge in [-0.05, 0) is 23.8 Å². The van der Waals surface area contributed by atoms with E-state index in [4.69, 9.17) is 5.11 Å². The van der Waals surface area contributed by atoms with Crippen molar-refractivity contribution in [3.63, 3.8) is 0 Å². The second kappa shape index (κ2) is 5.05. The third-order valence-electron chi connectivity index (χ3n) is 2.28. The number of carboxylic acids is 1. The number of fused-ring (bicyclic) bond motifs is 1. The van der Waals surface area contributed by atoms with Gasteiger partial charge >= 0.3 is 5.97 Å². The maximum Gasteiger partial charge on any atom is 0.316 e. The first-order chi connectivity index (χ1) is 8.15. The van der Waals surface area contributed by atoms with Gasteiger partial charge in [0.05, 0.1) is 5.52 Å². The molecule has 1 aromatic heterocycles. The fourth-order valence-corrected chi connectivity index (χ4v) is 2.52. The topological polar surface area (TPSA) is 67.3 Å². The van der Waals surface area contributed by atoms with Crippen LogP contribution in [0.15, 0.2) is 36.5 Å². The maximum absolute atomic E-state index is 11.5. The average molecular weight is 249 g/mol. The summed E-state index contributed by atoms with van der Waals surface area (Å²) in [5.74, 6) is -1.09. The van der Waals surface area contributed by atoms with E-state index in [1.807, 2.05) is 30.3 Å². The number of rotatable bonds is 4. The van der Waals surface area contributed by atoms with Crippen molar-refractivity contribution < 1.29 is 14.1 Å². The highest BCUT2D eigenvalue weighted by atomic mass is 32.2. The van der Waals surface area contributed by atoms with Crippen LogP contribution in [0.4, 0.5) is 0 Å². The Morgan fingerprint density at radius 2 is 2.18 bits per heavy atom. The van der Waals surface area contributed by atoms with Crippen molar-refractivity contribution in [2.45, 2.75) is 5.75 Å². The molecule has 4 nitrogen and oxygen atoms in total. The van der Waals surface area contributed by atoms with Crippen LogP contribution in [-0.4, -0.2) is 26.0 Å². The van der Waals surface area contributed by atoms with Gasteiger partial charge < -0.3 is 5.11 Å². The van der Waals surface area contributed by atoms with Crippen molar-refractivity contribution in [3.05, 3.63) is 42.1 Å². The molecule has 0 saturated carbocycles. The third kappa shape index (κ3) is 3.10. The molecule has 0 aliphatic rings. The van der Waals surface area contributed by atoms with Crippen molar-refractivity contribution in [3.8, 4) is 0 Å². The molecule has 1 N–H and O–H groups in total. The van der Waals surface area contributed by atoms with E-state index in [-0.39, 0.29) is 11.5 Å². The SMILES string of the molecule is O=C(O)CS(=O)Cc1ccc2ncccc2c1. The Kier molecular flexibility index (Phi) is 3.49. The number of hydrogen-bond acceptors (Lipinski definition) is 3. The van der Waals surface area contributed by atoms with Crippen LogP contribution < -0.4 is 0 Å². The highest BCUT2D eigenvalue weighted by Crippen LogP contribution is 2.14. The molecule has 0 fully saturated rings. The molecular weight excluding hydrogens is 238 g/mol. The van der Waals surface area contributed by atoms with Crippen LogP contribution in [0.3, 0.4) is 0 Å². The molecule has 1 aromatic carbocycles. The second-order valence-corrected chi connectivity index (χ2v) is 5.11. The molecule has 1 atom stereocenters. The molecule has 0 amide bonds. The van der Waals surface area contributed by atoms with Crippen LogP contribution in [0.2, 0.25) is 0 Å². The van der Waals surface area contributed by atoms with E-state index in [1.54, 1.807) is 6.20 Å². The summed E-state index contributed by atoms with van der Waals surface area (Å²) >= 11 is 0. The normalized spacial score (nSPS) is 12.5. The summed E-state index contributed by atoms with van der Waals surface area (Å²) in [6.45, 7) is 0. The Morgan fingerprint density at radius 1 is 1.35 bits per heavy atom. The van der Waals surface area contributed by atoms with Crippen LogP contribution >= 0.6 is 0 Å². The van der Waals surface area contributed by atoms with Crippen LogP contribution in [-0.2, 0) is 21.3 Å². The largest absolute Gasteiger partial charge is 0.481 e. The Balaban J connectivity index is 2.19. The fraction of sp³-hybridized carbons (Fsp3) is 0.167. The molecular formula is C12H11NO3S. The molecule has 2 aromatic rings. The number of nitrogens with zero attached hydrogens (tertiary/aromatic N) is 1. The number of hydrogen-bond donors (Lipinski definition) is 1. The van der Waals surface area contributed by atoms with Gasteiger partial charge in [0.2, 0.25) is 0 Å². The second-order valence-electron chi connectivity index (χ2n) is 3.65. The monoisotopic (exact) mass is 249 g/mol. The zero-order chi connectivity index (χ0) is 12.3. The summed E-state index contributed by atoms with van der Waals surface area (Å²) in [7, 11) is -1.36. The quantitative estimate of drug-likeness (QED) is 0.893. The standard InChI is InChI=1S/C12H11NO3S/c14-12(15)8-17(16)7-9-3-4-11-10(6-9)2-1-5-13-11/h1-6H,7-8H2,(H,14,15). The minimum absolute atomic E-state index is 0.261. The van der Waals surface area contributed by atoms with E-state index >= 15 is 0 Å². The lowest BCUT2D eigenvalue weighted by molar-refractivity contribution is -0.133. The van der Waals surface area contributed by atoms with Crippen LogP contribution in [0, 0.1) is 0 Å². The Bertz CT molecular complexity index is 583. The van der Waals surface area contributed by atoms with E-state index in [0.717, 1.165) is 16.5 Å². The van der Waals surface area contributed by atoms with Crippen molar-refractivity contribution in [1.29, 1.82) is 0 Å². The molecule has 0 aliphatic heterocycles. The Hall–Kier alpha value is -1.75. The van der Waals surface area contributed by atoms with Crippen LogP contribution in [0.25, 0.3) is 10.9 Å². The van der Waals surface area contributed by atoms with E-state index in [9.17, 15) is 9.00 Å². The van der Waals surface area contributed by atoms with Gasteiger partial charge in [0.25, 0.3) is 0 Å². The van der Waals surface area contributed by atoms with Crippen molar-refractivity contribution in [2.75, 3.05) is 5.75 Å². The van der Waals surface area contributed by atoms with Crippen molar-refractivity contribution >= 4 is 27.7 Å². The summed E-state index contributed by atoms with van der Waals surface area (Å²) in [4.78, 5) is 14.6. The summed E-state index contributed by atoms with van der Waals surface area (Å²) in [6, 6.07) is 9.33. The van der Waals surface area contributed by atoms with Gasteiger partial charge in [-0.25, -0.2) is 0 Å². The minimum atomic E-state index is -1.36. The number of pyridine rings is 1. The lowest BCUT2D eigenvalue weighted by atomic mass is 10.1. The number of aliphatic carboxylic acids is 1. The predicted molar refractivity (Wildman–Crippen MR) is 66.1 cm³/mol. The minimum Gasteiger partial charge on any atom is -0.481 e. The van der Waals surface area contributed by atoms with Gasteiger partial charge in [0.1, 0.15) is 5.75 Å². The predicted octanol–water partition coefficient (Wildman–Crippen LogP) is 1.57. The molecule has 0 bridgehead atoms. The van der Waals surface area contributed by atoms with E-state index in [1.165, 1.54) is 0 Å². The number of carboxylic acid groups (broad SMARTS) is 1. The van der Waals surface area contributed by atoms with Crippen molar-refractivity contribution in [1.82, 2.24) is 4.98 Å². The average Bonchev–Trinajstić information content (AvgIpc) is 2.27. The maximum atomic E-state index is 11.5. The van der Waals surface area contributed by atoms with Crippen LogP contribution in [0.1, 0.15) is 5.56 Å². The highest BCUT2D eigenvalue weighted by Gasteiger charge is 2.07. The Labute approximate surface area is 101 Å². The number of carbonyl (C=O) groups is 1. The van der Waals surface area contributed by atoms with Gasteiger partial charge in [0, 0.05) is 28.1 Å². The number of benzene rings is 1. The summed E-state index contributed by atoms with van der Waals surface area (Å²) in [5, 5.41) is 9.50. The molecule has 0 aliphatic carbocycles. The summed E-state index contributed by atoms with van der Waals surface area (Å²) < 4.78 is 11.5. The van der Waals surface area contributed by atoms with Gasteiger partial charge in [-0.3, -0.25) is 14.0 Å². The summed E-state index contributed by atoms with van der Waals surface area (Å²) in [5.41, 5.74) is 1.74. The first-order valence-corrected chi connectivity index (χ1v) is 6.54. The van der Waals surface area contributed by atoms with Gasteiger partial charge in [-0.2, -0.15) is 0 Å². The molecule has 0 radical (unpaired) electrons. The zero-order valence-electron chi connectivity index (χ0n) is 9.00. The molecule has 5 heteroatoms. The van der Waals surface area contributed by atoms with Crippen LogP contribution in [0.5, 0.6) is 0 Å². The molecule has 0 saturated heterocycles.